The Morgan fingerprint density at radius 2 is 2.06 bits per heavy atom. The molecule has 1 aromatic rings. The highest BCUT2D eigenvalue weighted by Gasteiger charge is 2.06. The van der Waals surface area contributed by atoms with Gasteiger partial charge in [0.1, 0.15) is 0 Å². The molecule has 0 saturated heterocycles. The van der Waals surface area contributed by atoms with Crippen molar-refractivity contribution in [2.75, 3.05) is 5.32 Å². The van der Waals surface area contributed by atoms with Crippen molar-refractivity contribution in [1.82, 2.24) is 0 Å². The van der Waals surface area contributed by atoms with Crippen LogP contribution in [0.25, 0.3) is 0 Å². The standard InChI is InChI=1S/C11H12ClNO3/c1-7-8(12)3-2-4-9(7)13-10(14)5-6-11(15)16/h2-4H,5-6H2,1H3,(H,13,14)(H,15,16)/p-1. The van der Waals surface area contributed by atoms with Gasteiger partial charge in [0.05, 0.1) is 0 Å². The fourth-order valence-corrected chi connectivity index (χ4v) is 1.35. The van der Waals surface area contributed by atoms with Gasteiger partial charge in [0.2, 0.25) is 5.91 Å². The van der Waals surface area contributed by atoms with Gasteiger partial charge in [-0.3, -0.25) is 4.79 Å². The number of rotatable bonds is 4. The van der Waals surface area contributed by atoms with Gasteiger partial charge in [0, 0.05) is 23.1 Å². The molecule has 1 rings (SSSR count). The highest BCUT2D eigenvalue weighted by molar-refractivity contribution is 6.31. The van der Waals surface area contributed by atoms with Gasteiger partial charge in [-0.2, -0.15) is 0 Å². The predicted octanol–water partition coefficient (Wildman–Crippen LogP) is 1.12. The van der Waals surface area contributed by atoms with E-state index in [9.17, 15) is 14.7 Å². The SMILES string of the molecule is Cc1c(Cl)cccc1NC(=O)CCC(=O)[O-]. The second-order valence-corrected chi connectivity index (χ2v) is 3.74. The molecule has 1 amide bonds. The number of aliphatic carboxylic acids is 1. The van der Waals surface area contributed by atoms with Crippen LogP contribution < -0.4 is 10.4 Å². The molecule has 4 nitrogen and oxygen atoms in total. The van der Waals surface area contributed by atoms with E-state index in [1.807, 2.05) is 0 Å². The smallest absolute Gasteiger partial charge is 0.224 e. The third-order valence-corrected chi connectivity index (χ3v) is 2.51. The lowest BCUT2D eigenvalue weighted by atomic mass is 10.2. The van der Waals surface area contributed by atoms with Crippen molar-refractivity contribution in [1.29, 1.82) is 0 Å². The quantitative estimate of drug-likeness (QED) is 0.857. The van der Waals surface area contributed by atoms with Gasteiger partial charge in [-0.15, -0.1) is 0 Å². The van der Waals surface area contributed by atoms with E-state index in [4.69, 9.17) is 11.6 Å². The molecule has 86 valence electrons. The Balaban J connectivity index is 2.63. The maximum atomic E-state index is 11.3. The maximum Gasteiger partial charge on any atom is 0.224 e. The van der Waals surface area contributed by atoms with E-state index in [0.29, 0.717) is 10.7 Å². The number of carboxylic acid groups (broad SMARTS) is 1. The molecule has 0 aromatic heterocycles. The highest BCUT2D eigenvalue weighted by Crippen LogP contribution is 2.22. The molecule has 0 heterocycles. The van der Waals surface area contributed by atoms with Crippen molar-refractivity contribution < 1.29 is 14.7 Å². The molecule has 0 saturated carbocycles. The average Bonchev–Trinajstić information content (AvgIpc) is 2.22. The summed E-state index contributed by atoms with van der Waals surface area (Å²) in [5.41, 5.74) is 1.35. The third kappa shape index (κ3) is 3.55. The first kappa shape index (κ1) is 12.5. The Morgan fingerprint density at radius 3 is 2.69 bits per heavy atom. The number of anilines is 1. The summed E-state index contributed by atoms with van der Waals surface area (Å²) in [6.07, 6.45) is -0.389. The number of carbonyl (C=O) groups is 2. The normalized spacial score (nSPS) is 9.88. The lowest BCUT2D eigenvalue weighted by molar-refractivity contribution is -0.305. The molecule has 16 heavy (non-hydrogen) atoms. The Labute approximate surface area is 98.2 Å². The molecule has 0 unspecified atom stereocenters. The van der Waals surface area contributed by atoms with Crippen LogP contribution in [0.4, 0.5) is 5.69 Å². The van der Waals surface area contributed by atoms with E-state index in [0.717, 1.165) is 5.56 Å². The van der Waals surface area contributed by atoms with Crippen molar-refractivity contribution >= 4 is 29.2 Å². The Bertz CT molecular complexity index is 418. The van der Waals surface area contributed by atoms with Gasteiger partial charge in [-0.1, -0.05) is 17.7 Å². The van der Waals surface area contributed by atoms with Gasteiger partial charge in [0.25, 0.3) is 0 Å². The monoisotopic (exact) mass is 240 g/mol. The van der Waals surface area contributed by atoms with E-state index in [1.165, 1.54) is 0 Å². The fourth-order valence-electron chi connectivity index (χ4n) is 1.17. The van der Waals surface area contributed by atoms with Crippen LogP contribution in [0, 0.1) is 6.92 Å². The molecular weight excluding hydrogens is 230 g/mol. The highest BCUT2D eigenvalue weighted by atomic mass is 35.5. The van der Waals surface area contributed by atoms with Crippen molar-refractivity contribution in [3.05, 3.63) is 28.8 Å². The lowest BCUT2D eigenvalue weighted by Gasteiger charge is -2.09. The van der Waals surface area contributed by atoms with Gasteiger partial charge in [-0.25, -0.2) is 0 Å². The topological polar surface area (TPSA) is 69.2 Å². The van der Waals surface area contributed by atoms with Crippen molar-refractivity contribution in [3.63, 3.8) is 0 Å². The number of halogens is 1. The molecule has 0 atom stereocenters. The average molecular weight is 241 g/mol. The number of carboxylic acids is 1. The first-order chi connectivity index (χ1) is 7.50. The molecule has 1 N–H and O–H groups in total. The van der Waals surface area contributed by atoms with Crippen LogP contribution in [0.2, 0.25) is 5.02 Å². The van der Waals surface area contributed by atoms with Crippen LogP contribution in [-0.2, 0) is 9.59 Å². The summed E-state index contributed by atoms with van der Waals surface area (Å²) in [7, 11) is 0. The van der Waals surface area contributed by atoms with Crippen LogP contribution in [0.15, 0.2) is 18.2 Å². The molecular formula is C11H11ClNO3-. The Hall–Kier alpha value is -1.55. The summed E-state index contributed by atoms with van der Waals surface area (Å²) in [5.74, 6) is -1.60. The molecule has 0 aliphatic heterocycles. The number of carbonyl (C=O) groups excluding carboxylic acids is 2. The van der Waals surface area contributed by atoms with Gasteiger partial charge in [0.15, 0.2) is 0 Å². The summed E-state index contributed by atoms with van der Waals surface area (Å²) in [6, 6.07) is 5.13. The first-order valence-corrected chi connectivity index (χ1v) is 5.13. The summed E-state index contributed by atoms with van der Waals surface area (Å²) in [4.78, 5) is 21.5. The van der Waals surface area contributed by atoms with E-state index in [1.54, 1.807) is 25.1 Å². The zero-order valence-corrected chi connectivity index (χ0v) is 9.50. The molecule has 0 radical (unpaired) electrons. The number of benzene rings is 1. The van der Waals surface area contributed by atoms with E-state index in [-0.39, 0.29) is 18.7 Å². The summed E-state index contributed by atoms with van der Waals surface area (Å²) in [5, 5.41) is 13.3. The third-order valence-electron chi connectivity index (χ3n) is 2.10. The molecule has 0 aliphatic carbocycles. The second kappa shape index (κ2) is 5.51. The van der Waals surface area contributed by atoms with Gasteiger partial charge < -0.3 is 15.2 Å². The largest absolute Gasteiger partial charge is 0.550 e. The van der Waals surface area contributed by atoms with Crippen LogP contribution in [0.1, 0.15) is 18.4 Å². The summed E-state index contributed by atoms with van der Waals surface area (Å²) < 4.78 is 0. The Kier molecular flexibility index (Phi) is 4.31. The van der Waals surface area contributed by atoms with Gasteiger partial charge >= 0.3 is 0 Å². The predicted molar refractivity (Wildman–Crippen MR) is 59.1 cm³/mol. The minimum absolute atomic E-state index is 0.103. The lowest BCUT2D eigenvalue weighted by Crippen LogP contribution is -2.24. The number of nitrogens with one attached hydrogen (secondary N) is 1. The molecule has 0 spiro atoms. The minimum atomic E-state index is -1.24. The van der Waals surface area contributed by atoms with Crippen molar-refractivity contribution in [2.24, 2.45) is 0 Å². The number of amides is 1. The molecule has 5 heteroatoms. The van der Waals surface area contributed by atoms with Crippen LogP contribution in [0.5, 0.6) is 0 Å². The zero-order valence-electron chi connectivity index (χ0n) is 8.75. The molecule has 0 aliphatic rings. The van der Waals surface area contributed by atoms with Crippen LogP contribution >= 0.6 is 11.6 Å². The van der Waals surface area contributed by atoms with Crippen LogP contribution in [0.3, 0.4) is 0 Å². The minimum Gasteiger partial charge on any atom is -0.550 e. The van der Waals surface area contributed by atoms with E-state index in [2.05, 4.69) is 5.32 Å². The van der Waals surface area contributed by atoms with E-state index < -0.39 is 5.97 Å². The first-order valence-electron chi connectivity index (χ1n) is 4.75. The molecule has 1 aromatic carbocycles. The second-order valence-electron chi connectivity index (χ2n) is 3.33. The Morgan fingerprint density at radius 1 is 1.38 bits per heavy atom. The zero-order chi connectivity index (χ0) is 12.1. The van der Waals surface area contributed by atoms with Crippen molar-refractivity contribution in [3.8, 4) is 0 Å². The molecule has 0 bridgehead atoms. The number of hydrogen-bond acceptors (Lipinski definition) is 3. The van der Waals surface area contributed by atoms with Gasteiger partial charge in [-0.05, 0) is 31.0 Å². The molecule has 0 fully saturated rings. The van der Waals surface area contributed by atoms with Crippen LogP contribution in [-0.4, -0.2) is 11.9 Å². The van der Waals surface area contributed by atoms with Crippen molar-refractivity contribution in [2.45, 2.75) is 19.8 Å². The summed E-state index contributed by atoms with van der Waals surface area (Å²) in [6.45, 7) is 1.77. The maximum absolute atomic E-state index is 11.3. The van der Waals surface area contributed by atoms with E-state index >= 15 is 0 Å². The number of hydrogen-bond donors (Lipinski definition) is 1. The fraction of sp³-hybridized carbons (Fsp3) is 0.273. The summed E-state index contributed by atoms with van der Waals surface area (Å²) >= 11 is 5.87.